The van der Waals surface area contributed by atoms with Crippen molar-refractivity contribution in [2.45, 2.75) is 24.7 Å². The lowest BCUT2D eigenvalue weighted by Gasteiger charge is -2.30. The van der Waals surface area contributed by atoms with Crippen LogP contribution < -0.4 is 5.32 Å². The van der Waals surface area contributed by atoms with Crippen LogP contribution in [0.15, 0.2) is 45.3 Å². The van der Waals surface area contributed by atoms with Crippen LogP contribution in [0.1, 0.15) is 18.7 Å². The topological polar surface area (TPSA) is 118 Å². The second-order valence-corrected chi connectivity index (χ2v) is 9.50. The van der Waals surface area contributed by atoms with E-state index in [9.17, 15) is 13.2 Å². The Hall–Kier alpha value is -2.63. The molecule has 1 N–H and O–H groups in total. The minimum absolute atomic E-state index is 0.119. The highest BCUT2D eigenvalue weighted by Crippen LogP contribution is 2.27. The Kier molecular flexibility index (Phi) is 5.43. The van der Waals surface area contributed by atoms with Gasteiger partial charge in [-0.1, -0.05) is 17.3 Å². The van der Waals surface area contributed by atoms with E-state index in [0.717, 1.165) is 0 Å². The number of amides is 1. The Morgan fingerprint density at radius 3 is 2.76 bits per heavy atom. The number of aryl methyl sites for hydroxylation is 1. The van der Waals surface area contributed by atoms with E-state index in [1.165, 1.54) is 15.6 Å². The van der Waals surface area contributed by atoms with Crippen LogP contribution in [0.2, 0.25) is 0 Å². The first-order valence-electron chi connectivity index (χ1n) is 9.05. The van der Waals surface area contributed by atoms with Crippen LogP contribution in [0.5, 0.6) is 0 Å². The summed E-state index contributed by atoms with van der Waals surface area (Å²) in [6, 6.07) is 6.48. The maximum atomic E-state index is 13.1. The van der Waals surface area contributed by atoms with Gasteiger partial charge in [-0.25, -0.2) is 13.4 Å². The first-order chi connectivity index (χ1) is 13.9. The molecule has 1 aromatic carbocycles. The van der Waals surface area contributed by atoms with Crippen LogP contribution in [0.4, 0.5) is 5.13 Å². The van der Waals surface area contributed by atoms with Gasteiger partial charge in [-0.05, 0) is 25.0 Å². The molecule has 1 fully saturated rings. The van der Waals surface area contributed by atoms with Gasteiger partial charge < -0.3 is 9.84 Å². The van der Waals surface area contributed by atoms with Gasteiger partial charge in [-0.3, -0.25) is 4.79 Å². The molecule has 1 aliphatic heterocycles. The second kappa shape index (κ2) is 8.01. The number of rotatable bonds is 5. The SMILES string of the molecule is Cc1nc(-c2cccc(S(=O)(=O)N3CCC(C(=O)Nc4nccs4)CC3)c2)no1. The summed E-state index contributed by atoms with van der Waals surface area (Å²) >= 11 is 1.35. The second-order valence-electron chi connectivity index (χ2n) is 6.67. The predicted molar refractivity (Wildman–Crippen MR) is 107 cm³/mol. The van der Waals surface area contributed by atoms with E-state index in [2.05, 4.69) is 20.4 Å². The van der Waals surface area contributed by atoms with Gasteiger partial charge in [0.05, 0.1) is 4.90 Å². The van der Waals surface area contributed by atoms with Crippen molar-refractivity contribution in [1.29, 1.82) is 0 Å². The van der Waals surface area contributed by atoms with E-state index in [0.29, 0.717) is 35.3 Å². The quantitative estimate of drug-likeness (QED) is 0.657. The number of benzene rings is 1. The maximum Gasteiger partial charge on any atom is 0.243 e. The van der Waals surface area contributed by atoms with E-state index >= 15 is 0 Å². The van der Waals surface area contributed by atoms with Gasteiger partial charge in [0.15, 0.2) is 5.13 Å². The Morgan fingerprint density at radius 2 is 2.10 bits per heavy atom. The zero-order valence-electron chi connectivity index (χ0n) is 15.6. The zero-order valence-corrected chi connectivity index (χ0v) is 17.2. The molecule has 0 saturated carbocycles. The fourth-order valence-electron chi connectivity index (χ4n) is 3.21. The van der Waals surface area contributed by atoms with Crippen molar-refractivity contribution in [3.05, 3.63) is 41.7 Å². The highest BCUT2D eigenvalue weighted by Gasteiger charge is 2.32. The molecule has 3 aromatic rings. The summed E-state index contributed by atoms with van der Waals surface area (Å²) in [5.41, 5.74) is 0.570. The summed E-state index contributed by atoms with van der Waals surface area (Å²) in [5.74, 6) is 0.397. The molecule has 2 aromatic heterocycles. The normalized spacial score (nSPS) is 16.0. The summed E-state index contributed by atoms with van der Waals surface area (Å²) < 4.78 is 32.5. The highest BCUT2D eigenvalue weighted by atomic mass is 32.2. The molecule has 1 saturated heterocycles. The van der Waals surface area contributed by atoms with Crippen molar-refractivity contribution in [2.24, 2.45) is 5.92 Å². The summed E-state index contributed by atoms with van der Waals surface area (Å²) in [6.07, 6.45) is 2.54. The lowest BCUT2D eigenvalue weighted by molar-refractivity contribution is -0.120. The van der Waals surface area contributed by atoms with Crippen molar-refractivity contribution >= 4 is 32.4 Å². The zero-order chi connectivity index (χ0) is 20.4. The number of nitrogens with one attached hydrogen (secondary N) is 1. The molecule has 0 atom stereocenters. The summed E-state index contributed by atoms with van der Waals surface area (Å²) in [7, 11) is -3.68. The molecular weight excluding hydrogens is 414 g/mol. The van der Waals surface area contributed by atoms with Gasteiger partial charge in [0, 0.05) is 43.1 Å². The number of anilines is 1. The van der Waals surface area contributed by atoms with Gasteiger partial charge in [-0.15, -0.1) is 11.3 Å². The average Bonchev–Trinajstić information content (AvgIpc) is 3.40. The van der Waals surface area contributed by atoms with E-state index < -0.39 is 10.0 Å². The Balaban J connectivity index is 1.44. The molecule has 0 unspecified atom stereocenters. The summed E-state index contributed by atoms with van der Waals surface area (Å²) in [6.45, 7) is 2.24. The monoisotopic (exact) mass is 433 g/mol. The van der Waals surface area contributed by atoms with Crippen LogP contribution in [0.3, 0.4) is 0 Å². The standard InChI is InChI=1S/C18H19N5O4S2/c1-12-20-16(22-27-12)14-3-2-4-15(11-14)29(25,26)23-8-5-13(6-9-23)17(24)21-18-19-7-10-28-18/h2-4,7,10-11,13H,5-6,8-9H2,1H3,(H,19,21,24). The molecule has 1 amide bonds. The fourth-order valence-corrected chi connectivity index (χ4v) is 5.26. The number of hydrogen-bond donors (Lipinski definition) is 1. The van der Waals surface area contributed by atoms with E-state index in [1.54, 1.807) is 42.8 Å². The number of thiazole rings is 1. The third-order valence-corrected chi connectivity index (χ3v) is 7.33. The number of aromatic nitrogens is 3. The number of carbonyl (C=O) groups excluding carboxylic acids is 1. The highest BCUT2D eigenvalue weighted by molar-refractivity contribution is 7.89. The van der Waals surface area contributed by atoms with Gasteiger partial charge in [0.25, 0.3) is 0 Å². The molecule has 1 aliphatic rings. The minimum atomic E-state index is -3.68. The first kappa shape index (κ1) is 19.7. The third kappa shape index (κ3) is 4.21. The smallest absolute Gasteiger partial charge is 0.243 e. The van der Waals surface area contributed by atoms with Gasteiger partial charge in [0.1, 0.15) is 0 Å². The number of nitrogens with zero attached hydrogens (tertiary/aromatic N) is 4. The summed E-state index contributed by atoms with van der Waals surface area (Å²) in [5, 5.41) is 8.96. The van der Waals surface area contributed by atoms with Gasteiger partial charge in [0.2, 0.25) is 27.6 Å². The summed E-state index contributed by atoms with van der Waals surface area (Å²) in [4.78, 5) is 20.7. The Bertz CT molecular complexity index is 1100. The van der Waals surface area contributed by atoms with Crippen molar-refractivity contribution in [3.8, 4) is 11.4 Å². The maximum absolute atomic E-state index is 13.1. The number of carbonyl (C=O) groups is 1. The van der Waals surface area contributed by atoms with Crippen molar-refractivity contribution < 1.29 is 17.7 Å². The third-order valence-electron chi connectivity index (χ3n) is 4.74. The Morgan fingerprint density at radius 1 is 1.31 bits per heavy atom. The van der Waals surface area contributed by atoms with Crippen LogP contribution in [0, 0.1) is 12.8 Å². The van der Waals surface area contributed by atoms with E-state index in [4.69, 9.17) is 4.52 Å². The molecule has 152 valence electrons. The Labute approximate surface area is 171 Å². The van der Waals surface area contributed by atoms with Gasteiger partial charge >= 0.3 is 0 Å². The van der Waals surface area contributed by atoms with Gasteiger partial charge in [-0.2, -0.15) is 9.29 Å². The molecule has 3 heterocycles. The van der Waals surface area contributed by atoms with Crippen molar-refractivity contribution in [2.75, 3.05) is 18.4 Å². The number of hydrogen-bond acceptors (Lipinski definition) is 8. The predicted octanol–water partition coefficient (Wildman–Crippen LogP) is 2.54. The number of sulfonamides is 1. The fraction of sp³-hybridized carbons (Fsp3) is 0.333. The molecule has 0 aliphatic carbocycles. The van der Waals surface area contributed by atoms with E-state index in [1.807, 2.05) is 0 Å². The van der Waals surface area contributed by atoms with E-state index in [-0.39, 0.29) is 29.8 Å². The van der Waals surface area contributed by atoms with Crippen LogP contribution in [-0.2, 0) is 14.8 Å². The average molecular weight is 434 g/mol. The van der Waals surface area contributed by atoms with Crippen LogP contribution in [0.25, 0.3) is 11.4 Å². The minimum Gasteiger partial charge on any atom is -0.339 e. The molecule has 0 spiro atoms. The van der Waals surface area contributed by atoms with Crippen molar-refractivity contribution in [3.63, 3.8) is 0 Å². The first-order valence-corrected chi connectivity index (χ1v) is 11.4. The van der Waals surface area contributed by atoms with Crippen molar-refractivity contribution in [1.82, 2.24) is 19.4 Å². The number of piperidine rings is 1. The molecule has 0 bridgehead atoms. The molecule has 0 radical (unpaired) electrons. The lowest BCUT2D eigenvalue weighted by Crippen LogP contribution is -2.41. The lowest BCUT2D eigenvalue weighted by atomic mass is 9.97. The molecule has 4 rings (SSSR count). The van der Waals surface area contributed by atoms with Crippen LogP contribution in [-0.4, -0.2) is 46.8 Å². The largest absolute Gasteiger partial charge is 0.339 e. The van der Waals surface area contributed by atoms with Crippen LogP contribution >= 0.6 is 11.3 Å². The molecule has 11 heteroatoms. The molecule has 29 heavy (non-hydrogen) atoms. The molecular formula is C18H19N5O4S2. The molecule has 9 nitrogen and oxygen atoms in total.